The minimum atomic E-state index is -0.749. The van der Waals surface area contributed by atoms with E-state index in [1.807, 2.05) is 56.0 Å². The molecule has 1 aliphatic rings. The lowest BCUT2D eigenvalue weighted by Crippen LogP contribution is -2.47. The highest BCUT2D eigenvalue weighted by Gasteiger charge is 2.43. The van der Waals surface area contributed by atoms with Crippen molar-refractivity contribution in [2.24, 2.45) is 11.1 Å². The Kier molecular flexibility index (Phi) is 9.20. The van der Waals surface area contributed by atoms with Crippen LogP contribution < -0.4 is 11.1 Å². The number of hydrogen-bond acceptors (Lipinski definition) is 4. The second-order valence-electron chi connectivity index (χ2n) is 10.5. The third kappa shape index (κ3) is 7.37. The molecule has 194 valence electrons. The van der Waals surface area contributed by atoms with Crippen LogP contribution in [0.5, 0.6) is 0 Å². The zero-order valence-corrected chi connectivity index (χ0v) is 21.4. The summed E-state index contributed by atoms with van der Waals surface area (Å²) >= 11 is 0. The van der Waals surface area contributed by atoms with Gasteiger partial charge in [0.2, 0.25) is 11.8 Å². The standard InChI is InChI=1S/C28H37FN4O3/c1-28(2,3)18-25(34)32(16-13-20-7-5-4-6-8-20)23-17-24(26(35)31-15-14-30)33(19-23)27(36)21-9-11-22(29)12-10-21/h4-12,23-24H,13-19,30H2,1-3H3,(H,31,35). The molecule has 2 aromatic carbocycles. The molecule has 2 unspecified atom stereocenters. The number of carbonyl (C=O) groups excluding carboxylic acids is 3. The van der Waals surface area contributed by atoms with Crippen molar-refractivity contribution in [3.05, 3.63) is 71.5 Å². The minimum Gasteiger partial charge on any atom is -0.353 e. The molecule has 3 rings (SSSR count). The average molecular weight is 497 g/mol. The molecule has 0 aromatic heterocycles. The smallest absolute Gasteiger partial charge is 0.254 e. The molecule has 36 heavy (non-hydrogen) atoms. The van der Waals surface area contributed by atoms with Crippen LogP contribution in [0.2, 0.25) is 0 Å². The fourth-order valence-corrected chi connectivity index (χ4v) is 4.54. The molecule has 1 aliphatic heterocycles. The number of nitrogens with one attached hydrogen (secondary N) is 1. The number of nitrogens with zero attached hydrogens (tertiary/aromatic N) is 2. The van der Waals surface area contributed by atoms with Gasteiger partial charge < -0.3 is 20.9 Å². The van der Waals surface area contributed by atoms with Gasteiger partial charge in [-0.1, -0.05) is 51.1 Å². The van der Waals surface area contributed by atoms with E-state index in [1.54, 1.807) is 0 Å². The van der Waals surface area contributed by atoms with Crippen molar-refractivity contribution in [2.45, 2.75) is 52.1 Å². The quantitative estimate of drug-likeness (QED) is 0.558. The van der Waals surface area contributed by atoms with Gasteiger partial charge in [0, 0.05) is 38.2 Å². The first kappa shape index (κ1) is 27.3. The lowest BCUT2D eigenvalue weighted by molar-refractivity contribution is -0.135. The molecular weight excluding hydrogens is 459 g/mol. The van der Waals surface area contributed by atoms with Crippen LogP contribution in [0.1, 0.15) is 49.5 Å². The second kappa shape index (κ2) is 12.1. The molecule has 2 atom stereocenters. The first-order valence-electron chi connectivity index (χ1n) is 12.5. The minimum absolute atomic E-state index is 0.000582. The molecule has 1 saturated heterocycles. The van der Waals surface area contributed by atoms with E-state index in [9.17, 15) is 18.8 Å². The molecule has 0 radical (unpaired) electrons. The number of nitrogens with two attached hydrogens (primary N) is 1. The number of hydrogen-bond donors (Lipinski definition) is 2. The van der Waals surface area contributed by atoms with Crippen LogP contribution >= 0.6 is 0 Å². The Morgan fingerprint density at radius 2 is 1.75 bits per heavy atom. The maximum absolute atomic E-state index is 13.5. The zero-order chi connectivity index (χ0) is 26.3. The molecule has 3 amide bonds. The van der Waals surface area contributed by atoms with Crippen molar-refractivity contribution in [3.8, 4) is 0 Å². The van der Waals surface area contributed by atoms with Crippen molar-refractivity contribution in [1.29, 1.82) is 0 Å². The SMILES string of the molecule is CC(C)(C)CC(=O)N(CCc1ccccc1)C1CC(C(=O)NCCN)N(C(=O)c2ccc(F)cc2)C1. The molecule has 2 aromatic rings. The molecule has 7 nitrogen and oxygen atoms in total. The fourth-order valence-electron chi connectivity index (χ4n) is 4.54. The Morgan fingerprint density at radius 1 is 1.08 bits per heavy atom. The van der Waals surface area contributed by atoms with E-state index in [1.165, 1.54) is 29.2 Å². The molecule has 8 heteroatoms. The van der Waals surface area contributed by atoms with E-state index in [2.05, 4.69) is 5.32 Å². The van der Waals surface area contributed by atoms with Crippen LogP contribution in [0.3, 0.4) is 0 Å². The van der Waals surface area contributed by atoms with E-state index in [-0.39, 0.29) is 42.3 Å². The van der Waals surface area contributed by atoms with Crippen LogP contribution in [-0.2, 0) is 16.0 Å². The molecule has 3 N–H and O–H groups in total. The molecular formula is C28H37FN4O3. The van der Waals surface area contributed by atoms with E-state index in [0.29, 0.717) is 37.9 Å². The molecule has 0 spiro atoms. The summed E-state index contributed by atoms with van der Waals surface area (Å²) in [5.41, 5.74) is 6.76. The van der Waals surface area contributed by atoms with E-state index < -0.39 is 11.9 Å². The fraction of sp³-hybridized carbons (Fsp3) is 0.464. The zero-order valence-electron chi connectivity index (χ0n) is 21.4. The van der Waals surface area contributed by atoms with Crippen LogP contribution in [0, 0.1) is 11.2 Å². The van der Waals surface area contributed by atoms with Gasteiger partial charge in [0.1, 0.15) is 11.9 Å². The van der Waals surface area contributed by atoms with E-state index in [0.717, 1.165) is 5.56 Å². The van der Waals surface area contributed by atoms with Gasteiger partial charge in [-0.3, -0.25) is 14.4 Å². The van der Waals surface area contributed by atoms with E-state index >= 15 is 0 Å². The highest BCUT2D eigenvalue weighted by atomic mass is 19.1. The lowest BCUT2D eigenvalue weighted by Gasteiger charge is -2.32. The highest BCUT2D eigenvalue weighted by Crippen LogP contribution is 2.28. The largest absolute Gasteiger partial charge is 0.353 e. The third-order valence-electron chi connectivity index (χ3n) is 6.30. The summed E-state index contributed by atoms with van der Waals surface area (Å²) in [6, 6.07) is 14.1. The number of carbonyl (C=O) groups is 3. The van der Waals surface area contributed by atoms with Crippen LogP contribution in [0.25, 0.3) is 0 Å². The maximum Gasteiger partial charge on any atom is 0.254 e. The van der Waals surface area contributed by atoms with Gasteiger partial charge in [0.05, 0.1) is 6.04 Å². The van der Waals surface area contributed by atoms with Crippen molar-refractivity contribution < 1.29 is 18.8 Å². The Hall–Kier alpha value is -3.26. The number of halogens is 1. The predicted molar refractivity (Wildman–Crippen MR) is 138 cm³/mol. The van der Waals surface area contributed by atoms with Gasteiger partial charge in [0.15, 0.2) is 0 Å². The lowest BCUT2D eigenvalue weighted by atomic mass is 9.91. The monoisotopic (exact) mass is 496 g/mol. The normalized spacial score (nSPS) is 17.6. The predicted octanol–water partition coefficient (Wildman–Crippen LogP) is 2.99. The van der Waals surface area contributed by atoms with Crippen LogP contribution in [0.4, 0.5) is 4.39 Å². The summed E-state index contributed by atoms with van der Waals surface area (Å²) in [4.78, 5) is 43.2. The Balaban J connectivity index is 1.87. The summed E-state index contributed by atoms with van der Waals surface area (Å²) in [5, 5.41) is 2.78. The third-order valence-corrected chi connectivity index (χ3v) is 6.30. The summed E-state index contributed by atoms with van der Waals surface area (Å²) in [6.45, 7) is 7.33. The summed E-state index contributed by atoms with van der Waals surface area (Å²) < 4.78 is 13.4. The first-order chi connectivity index (χ1) is 17.1. The van der Waals surface area contributed by atoms with Gasteiger partial charge in [-0.2, -0.15) is 0 Å². The highest BCUT2D eigenvalue weighted by molar-refractivity contribution is 5.98. The second-order valence-corrected chi connectivity index (χ2v) is 10.5. The number of likely N-dealkylation sites (tertiary alicyclic amines) is 1. The van der Waals surface area contributed by atoms with Crippen molar-refractivity contribution in [2.75, 3.05) is 26.2 Å². The van der Waals surface area contributed by atoms with Gasteiger partial charge in [-0.15, -0.1) is 0 Å². The molecule has 1 heterocycles. The topological polar surface area (TPSA) is 95.7 Å². The van der Waals surface area contributed by atoms with Crippen molar-refractivity contribution in [3.63, 3.8) is 0 Å². The Bertz CT molecular complexity index is 1040. The van der Waals surface area contributed by atoms with Gasteiger partial charge >= 0.3 is 0 Å². The molecule has 0 saturated carbocycles. The molecule has 0 aliphatic carbocycles. The molecule has 1 fully saturated rings. The average Bonchev–Trinajstić information content (AvgIpc) is 3.27. The first-order valence-corrected chi connectivity index (χ1v) is 12.5. The number of benzene rings is 2. The Labute approximate surface area is 212 Å². The van der Waals surface area contributed by atoms with Crippen molar-refractivity contribution in [1.82, 2.24) is 15.1 Å². The van der Waals surface area contributed by atoms with Crippen LogP contribution in [-0.4, -0.2) is 65.8 Å². The number of rotatable bonds is 9. The van der Waals surface area contributed by atoms with Gasteiger partial charge in [-0.05, 0) is 48.1 Å². The van der Waals surface area contributed by atoms with Crippen molar-refractivity contribution >= 4 is 17.7 Å². The number of amides is 3. The van der Waals surface area contributed by atoms with Gasteiger partial charge in [0.25, 0.3) is 5.91 Å². The summed E-state index contributed by atoms with van der Waals surface area (Å²) in [7, 11) is 0. The summed E-state index contributed by atoms with van der Waals surface area (Å²) in [5.74, 6) is -1.11. The molecule has 0 bridgehead atoms. The van der Waals surface area contributed by atoms with E-state index in [4.69, 9.17) is 5.73 Å². The Morgan fingerprint density at radius 3 is 2.36 bits per heavy atom. The summed E-state index contributed by atoms with van der Waals surface area (Å²) in [6.07, 6.45) is 1.35. The van der Waals surface area contributed by atoms with Crippen LogP contribution in [0.15, 0.2) is 54.6 Å². The maximum atomic E-state index is 13.5. The van der Waals surface area contributed by atoms with Gasteiger partial charge in [-0.25, -0.2) is 4.39 Å².